The summed E-state index contributed by atoms with van der Waals surface area (Å²) in [6.07, 6.45) is 6.99. The summed E-state index contributed by atoms with van der Waals surface area (Å²) in [4.78, 5) is 14.1. The molecule has 3 nitrogen and oxygen atoms in total. The molecule has 4 heteroatoms. The first-order valence-corrected chi connectivity index (χ1v) is 11.8. The first-order valence-electron chi connectivity index (χ1n) is 11.0. The fourth-order valence-electron chi connectivity index (χ4n) is 3.47. The van der Waals surface area contributed by atoms with Crippen LogP contribution in [-0.2, 0) is 0 Å². The SMILES string of the molecule is CCCCCCCCOc1c(C(=O)O)cccc1-c1ccc(Sc2ccccc2)cc1. The maximum atomic E-state index is 11.8. The van der Waals surface area contributed by atoms with Crippen molar-refractivity contribution >= 4 is 17.7 Å². The molecule has 0 unspecified atom stereocenters. The van der Waals surface area contributed by atoms with Gasteiger partial charge in [0.15, 0.2) is 0 Å². The summed E-state index contributed by atoms with van der Waals surface area (Å²) < 4.78 is 6.03. The molecule has 0 aromatic heterocycles. The lowest BCUT2D eigenvalue weighted by Gasteiger charge is -2.15. The van der Waals surface area contributed by atoms with E-state index >= 15 is 0 Å². The molecule has 0 saturated heterocycles. The molecule has 0 radical (unpaired) electrons. The molecular weight excluding hydrogens is 404 g/mol. The van der Waals surface area contributed by atoms with E-state index in [1.807, 2.05) is 36.4 Å². The molecule has 0 bridgehead atoms. The number of ether oxygens (including phenoxy) is 1. The Morgan fingerprint density at radius 2 is 1.48 bits per heavy atom. The van der Waals surface area contributed by atoms with Crippen molar-refractivity contribution in [3.63, 3.8) is 0 Å². The Labute approximate surface area is 189 Å². The van der Waals surface area contributed by atoms with Gasteiger partial charge in [-0.05, 0) is 42.3 Å². The van der Waals surface area contributed by atoms with E-state index in [4.69, 9.17) is 4.74 Å². The molecule has 162 valence electrons. The molecule has 0 aliphatic rings. The molecule has 3 rings (SSSR count). The van der Waals surface area contributed by atoms with Crippen LogP contribution >= 0.6 is 11.8 Å². The van der Waals surface area contributed by atoms with Gasteiger partial charge in [0.25, 0.3) is 0 Å². The van der Waals surface area contributed by atoms with Crippen LogP contribution in [0.5, 0.6) is 5.75 Å². The first kappa shape index (κ1) is 23.0. The lowest BCUT2D eigenvalue weighted by molar-refractivity contribution is 0.0692. The van der Waals surface area contributed by atoms with Crippen molar-refractivity contribution in [3.05, 3.63) is 78.4 Å². The summed E-state index contributed by atoms with van der Waals surface area (Å²) in [5.41, 5.74) is 1.99. The summed E-state index contributed by atoms with van der Waals surface area (Å²) >= 11 is 1.70. The van der Waals surface area contributed by atoms with Crippen molar-refractivity contribution in [1.29, 1.82) is 0 Å². The van der Waals surface area contributed by atoms with Crippen LogP contribution in [0, 0.1) is 0 Å². The van der Waals surface area contributed by atoms with Crippen LogP contribution in [0.4, 0.5) is 0 Å². The molecule has 0 amide bonds. The molecule has 31 heavy (non-hydrogen) atoms. The summed E-state index contributed by atoms with van der Waals surface area (Å²) in [7, 11) is 0. The molecule has 0 atom stereocenters. The van der Waals surface area contributed by atoms with Gasteiger partial charge in [-0.25, -0.2) is 4.79 Å². The normalized spacial score (nSPS) is 10.7. The third-order valence-corrected chi connectivity index (χ3v) is 6.15. The van der Waals surface area contributed by atoms with Gasteiger partial charge in [-0.3, -0.25) is 0 Å². The number of benzene rings is 3. The van der Waals surface area contributed by atoms with E-state index in [0.717, 1.165) is 28.9 Å². The number of para-hydroxylation sites is 1. The number of carboxylic acid groups (broad SMARTS) is 1. The number of unbranched alkanes of at least 4 members (excludes halogenated alkanes) is 5. The zero-order valence-electron chi connectivity index (χ0n) is 18.0. The fraction of sp³-hybridized carbons (Fsp3) is 0.296. The summed E-state index contributed by atoms with van der Waals surface area (Å²) in [6.45, 7) is 2.74. The molecular formula is C27H30O3S. The lowest BCUT2D eigenvalue weighted by atomic mass is 10.0. The van der Waals surface area contributed by atoms with E-state index in [9.17, 15) is 9.90 Å². The van der Waals surface area contributed by atoms with Crippen LogP contribution in [0.15, 0.2) is 82.6 Å². The number of hydrogen-bond donors (Lipinski definition) is 1. The Bertz CT molecular complexity index is 952. The molecule has 0 fully saturated rings. The average molecular weight is 435 g/mol. The molecule has 3 aromatic carbocycles. The quantitative estimate of drug-likeness (QED) is 0.294. The third kappa shape index (κ3) is 6.90. The topological polar surface area (TPSA) is 46.5 Å². The van der Waals surface area contributed by atoms with Crippen LogP contribution in [0.2, 0.25) is 0 Å². The van der Waals surface area contributed by atoms with Crippen LogP contribution in [0.1, 0.15) is 55.8 Å². The van der Waals surface area contributed by atoms with E-state index in [0.29, 0.717) is 12.4 Å². The van der Waals surface area contributed by atoms with Gasteiger partial charge in [0.1, 0.15) is 11.3 Å². The third-order valence-electron chi connectivity index (χ3n) is 5.13. The van der Waals surface area contributed by atoms with Gasteiger partial charge in [-0.15, -0.1) is 0 Å². The minimum Gasteiger partial charge on any atom is -0.492 e. The van der Waals surface area contributed by atoms with Gasteiger partial charge in [0.05, 0.1) is 6.61 Å². The Hall–Kier alpha value is -2.72. The Morgan fingerprint density at radius 3 is 2.19 bits per heavy atom. The van der Waals surface area contributed by atoms with Gasteiger partial charge in [0.2, 0.25) is 0 Å². The van der Waals surface area contributed by atoms with E-state index in [2.05, 4.69) is 31.2 Å². The van der Waals surface area contributed by atoms with Crippen molar-refractivity contribution in [2.45, 2.75) is 55.2 Å². The number of aromatic carboxylic acids is 1. The van der Waals surface area contributed by atoms with E-state index in [1.54, 1.807) is 23.9 Å². The zero-order chi connectivity index (χ0) is 21.9. The fourth-order valence-corrected chi connectivity index (χ4v) is 4.31. The van der Waals surface area contributed by atoms with Gasteiger partial charge < -0.3 is 9.84 Å². The Balaban J connectivity index is 1.72. The summed E-state index contributed by atoms with van der Waals surface area (Å²) in [5, 5.41) is 9.66. The van der Waals surface area contributed by atoms with Crippen molar-refractivity contribution < 1.29 is 14.6 Å². The van der Waals surface area contributed by atoms with Crippen LogP contribution in [-0.4, -0.2) is 17.7 Å². The predicted octanol–water partition coefficient (Wildman–Crippen LogP) is 7.94. The van der Waals surface area contributed by atoms with Crippen LogP contribution < -0.4 is 4.74 Å². The maximum absolute atomic E-state index is 11.8. The minimum absolute atomic E-state index is 0.214. The number of carbonyl (C=O) groups is 1. The highest BCUT2D eigenvalue weighted by atomic mass is 32.2. The lowest BCUT2D eigenvalue weighted by Crippen LogP contribution is -2.06. The summed E-state index contributed by atoms with van der Waals surface area (Å²) in [5.74, 6) is -0.497. The van der Waals surface area contributed by atoms with Crippen molar-refractivity contribution in [3.8, 4) is 16.9 Å². The minimum atomic E-state index is -0.962. The molecule has 3 aromatic rings. The van der Waals surface area contributed by atoms with Gasteiger partial charge in [0, 0.05) is 15.4 Å². The second-order valence-electron chi connectivity index (χ2n) is 7.54. The van der Waals surface area contributed by atoms with Crippen LogP contribution in [0.25, 0.3) is 11.1 Å². The summed E-state index contributed by atoms with van der Waals surface area (Å²) in [6, 6.07) is 23.8. The second kappa shape index (κ2) is 12.2. The molecule has 0 heterocycles. The number of carboxylic acids is 1. The monoisotopic (exact) mass is 434 g/mol. The number of rotatable bonds is 12. The van der Waals surface area contributed by atoms with Gasteiger partial charge in [-0.2, -0.15) is 0 Å². The molecule has 1 N–H and O–H groups in total. The van der Waals surface area contributed by atoms with Crippen molar-refractivity contribution in [2.24, 2.45) is 0 Å². The molecule has 0 aliphatic heterocycles. The zero-order valence-corrected chi connectivity index (χ0v) is 18.9. The van der Waals surface area contributed by atoms with Gasteiger partial charge >= 0.3 is 5.97 Å². The Kier molecular flexibility index (Phi) is 9.04. The highest BCUT2D eigenvalue weighted by Crippen LogP contribution is 2.35. The Morgan fingerprint density at radius 1 is 0.806 bits per heavy atom. The van der Waals surface area contributed by atoms with Crippen molar-refractivity contribution in [1.82, 2.24) is 0 Å². The van der Waals surface area contributed by atoms with E-state index in [-0.39, 0.29) is 5.56 Å². The van der Waals surface area contributed by atoms with Crippen LogP contribution in [0.3, 0.4) is 0 Å². The highest BCUT2D eigenvalue weighted by molar-refractivity contribution is 7.99. The van der Waals surface area contributed by atoms with Gasteiger partial charge in [-0.1, -0.05) is 93.3 Å². The largest absolute Gasteiger partial charge is 0.492 e. The average Bonchev–Trinajstić information content (AvgIpc) is 2.79. The smallest absolute Gasteiger partial charge is 0.339 e. The van der Waals surface area contributed by atoms with E-state index < -0.39 is 5.97 Å². The second-order valence-corrected chi connectivity index (χ2v) is 8.69. The van der Waals surface area contributed by atoms with Crippen molar-refractivity contribution in [2.75, 3.05) is 6.61 Å². The molecule has 0 saturated carbocycles. The number of hydrogen-bond acceptors (Lipinski definition) is 3. The first-order chi connectivity index (χ1) is 15.2. The molecule has 0 aliphatic carbocycles. The molecule has 0 spiro atoms. The van der Waals surface area contributed by atoms with E-state index in [1.165, 1.54) is 30.6 Å². The predicted molar refractivity (Wildman–Crippen MR) is 128 cm³/mol. The standard InChI is InChI=1S/C27H30O3S/c1-2-3-4-5-6-10-20-30-26-24(14-11-15-25(26)27(28)29)21-16-18-23(19-17-21)31-22-12-8-7-9-13-22/h7-9,11-19H,2-6,10,20H2,1H3,(H,28,29). The maximum Gasteiger partial charge on any atom is 0.339 e. The highest BCUT2D eigenvalue weighted by Gasteiger charge is 2.16.